The maximum absolute atomic E-state index is 11.9. The molecule has 0 saturated carbocycles. The molecule has 0 radical (unpaired) electrons. The van der Waals surface area contributed by atoms with Crippen molar-refractivity contribution < 1.29 is 14.6 Å². The molecule has 116 valence electrons. The molecule has 2 rings (SSSR count). The third kappa shape index (κ3) is 3.74. The fourth-order valence-electron chi connectivity index (χ4n) is 3.08. The van der Waals surface area contributed by atoms with Crippen LogP contribution in [0.1, 0.15) is 41.6 Å². The van der Waals surface area contributed by atoms with E-state index in [1.807, 2.05) is 12.1 Å². The Kier molecular flexibility index (Phi) is 5.59. The second-order valence-electron chi connectivity index (χ2n) is 5.51. The Labute approximate surface area is 125 Å². The summed E-state index contributed by atoms with van der Waals surface area (Å²) in [4.78, 5) is 14.3. The van der Waals surface area contributed by atoms with Gasteiger partial charge in [0.1, 0.15) is 0 Å². The van der Waals surface area contributed by atoms with Crippen LogP contribution in [0.2, 0.25) is 0 Å². The van der Waals surface area contributed by atoms with Gasteiger partial charge >= 0.3 is 5.97 Å². The number of anilines is 1. The topological polar surface area (TPSA) is 75.8 Å². The lowest BCUT2D eigenvalue weighted by Crippen LogP contribution is -2.30. The standard InChI is InChI=1S/C16H24N2O3/c1-21-16(20)15-12(5-2-8-14(15)17)11-18-9-3-6-13(18)7-4-10-19/h2,5,8,13,19H,3-4,6-7,9-11,17H2,1H3. The van der Waals surface area contributed by atoms with E-state index >= 15 is 0 Å². The number of aliphatic hydroxyl groups is 1. The van der Waals surface area contributed by atoms with Crippen molar-refractivity contribution in [1.82, 2.24) is 4.90 Å². The van der Waals surface area contributed by atoms with E-state index in [0.717, 1.165) is 37.8 Å². The molecule has 0 bridgehead atoms. The minimum Gasteiger partial charge on any atom is -0.465 e. The summed E-state index contributed by atoms with van der Waals surface area (Å²) in [5.41, 5.74) is 7.79. The van der Waals surface area contributed by atoms with Crippen molar-refractivity contribution >= 4 is 11.7 Å². The molecule has 21 heavy (non-hydrogen) atoms. The van der Waals surface area contributed by atoms with Gasteiger partial charge < -0.3 is 15.6 Å². The van der Waals surface area contributed by atoms with Gasteiger partial charge in [0.15, 0.2) is 0 Å². The Bertz CT molecular complexity index is 490. The first kappa shape index (κ1) is 15.8. The highest BCUT2D eigenvalue weighted by Gasteiger charge is 2.26. The zero-order chi connectivity index (χ0) is 15.2. The van der Waals surface area contributed by atoms with Crippen molar-refractivity contribution in [2.24, 2.45) is 0 Å². The van der Waals surface area contributed by atoms with Crippen LogP contribution in [-0.4, -0.2) is 42.3 Å². The van der Waals surface area contributed by atoms with E-state index in [2.05, 4.69) is 4.90 Å². The quantitative estimate of drug-likeness (QED) is 0.617. The zero-order valence-corrected chi connectivity index (χ0v) is 12.5. The van der Waals surface area contributed by atoms with Gasteiger partial charge in [0.25, 0.3) is 0 Å². The number of hydrogen-bond donors (Lipinski definition) is 2. The van der Waals surface area contributed by atoms with Crippen LogP contribution in [0.4, 0.5) is 5.69 Å². The van der Waals surface area contributed by atoms with Gasteiger partial charge in [0.2, 0.25) is 0 Å². The molecule has 1 saturated heterocycles. The van der Waals surface area contributed by atoms with Crippen LogP contribution in [0.15, 0.2) is 18.2 Å². The molecule has 0 amide bonds. The zero-order valence-electron chi connectivity index (χ0n) is 12.5. The highest BCUT2D eigenvalue weighted by Crippen LogP contribution is 2.26. The van der Waals surface area contributed by atoms with E-state index < -0.39 is 0 Å². The summed E-state index contributed by atoms with van der Waals surface area (Å²) in [6, 6.07) is 6.01. The Balaban J connectivity index is 2.15. The summed E-state index contributed by atoms with van der Waals surface area (Å²) in [6.45, 7) is 1.95. The second kappa shape index (κ2) is 7.43. The number of rotatable bonds is 6. The van der Waals surface area contributed by atoms with Crippen molar-refractivity contribution in [2.75, 3.05) is 26.0 Å². The molecular formula is C16H24N2O3. The lowest BCUT2D eigenvalue weighted by molar-refractivity contribution is 0.0599. The number of aliphatic hydroxyl groups excluding tert-OH is 1. The molecule has 1 aliphatic rings. The van der Waals surface area contributed by atoms with Gasteiger partial charge in [-0.05, 0) is 43.9 Å². The van der Waals surface area contributed by atoms with E-state index in [0.29, 0.717) is 23.8 Å². The molecule has 0 spiro atoms. The number of carbonyl (C=O) groups excluding carboxylic acids is 1. The average molecular weight is 292 g/mol. The van der Waals surface area contributed by atoms with Crippen LogP contribution in [-0.2, 0) is 11.3 Å². The van der Waals surface area contributed by atoms with Crippen LogP contribution < -0.4 is 5.73 Å². The Morgan fingerprint density at radius 2 is 2.33 bits per heavy atom. The molecule has 5 nitrogen and oxygen atoms in total. The van der Waals surface area contributed by atoms with Crippen LogP contribution in [0.25, 0.3) is 0 Å². The van der Waals surface area contributed by atoms with Crippen LogP contribution in [0, 0.1) is 0 Å². The Hall–Kier alpha value is -1.59. The van der Waals surface area contributed by atoms with Crippen molar-refractivity contribution in [3.05, 3.63) is 29.3 Å². The third-order valence-electron chi connectivity index (χ3n) is 4.14. The van der Waals surface area contributed by atoms with E-state index in [4.69, 9.17) is 15.6 Å². The molecule has 1 atom stereocenters. The maximum atomic E-state index is 11.9. The van der Waals surface area contributed by atoms with Crippen LogP contribution in [0.3, 0.4) is 0 Å². The largest absolute Gasteiger partial charge is 0.465 e. The van der Waals surface area contributed by atoms with Crippen molar-refractivity contribution in [1.29, 1.82) is 0 Å². The summed E-state index contributed by atoms with van der Waals surface area (Å²) in [6.07, 6.45) is 4.12. The lowest BCUT2D eigenvalue weighted by Gasteiger charge is -2.25. The molecule has 1 unspecified atom stereocenters. The fraction of sp³-hybridized carbons (Fsp3) is 0.562. The van der Waals surface area contributed by atoms with E-state index in [1.54, 1.807) is 6.07 Å². The summed E-state index contributed by atoms with van der Waals surface area (Å²) in [5, 5.41) is 8.99. The third-order valence-corrected chi connectivity index (χ3v) is 4.14. The summed E-state index contributed by atoms with van der Waals surface area (Å²) < 4.78 is 4.84. The van der Waals surface area contributed by atoms with Crippen molar-refractivity contribution in [3.63, 3.8) is 0 Å². The smallest absolute Gasteiger partial charge is 0.340 e. The number of hydrogen-bond acceptors (Lipinski definition) is 5. The number of methoxy groups -OCH3 is 1. The van der Waals surface area contributed by atoms with Gasteiger partial charge in [-0.3, -0.25) is 4.90 Å². The molecule has 5 heteroatoms. The minimum atomic E-state index is -0.380. The first-order chi connectivity index (χ1) is 10.2. The molecule has 1 fully saturated rings. The van der Waals surface area contributed by atoms with E-state index in [-0.39, 0.29) is 12.6 Å². The number of nitrogen functional groups attached to an aromatic ring is 1. The maximum Gasteiger partial charge on any atom is 0.340 e. The molecule has 1 aromatic rings. The molecule has 0 aromatic heterocycles. The monoisotopic (exact) mass is 292 g/mol. The molecule has 3 N–H and O–H groups in total. The van der Waals surface area contributed by atoms with Crippen LogP contribution >= 0.6 is 0 Å². The number of nitrogens with zero attached hydrogens (tertiary/aromatic N) is 1. The number of ether oxygens (including phenoxy) is 1. The highest BCUT2D eigenvalue weighted by atomic mass is 16.5. The molecular weight excluding hydrogens is 268 g/mol. The normalized spacial score (nSPS) is 18.9. The number of esters is 1. The summed E-state index contributed by atoms with van der Waals surface area (Å²) >= 11 is 0. The van der Waals surface area contributed by atoms with Crippen molar-refractivity contribution in [3.8, 4) is 0 Å². The van der Waals surface area contributed by atoms with Crippen LogP contribution in [0.5, 0.6) is 0 Å². The van der Waals surface area contributed by atoms with Gasteiger partial charge in [-0.2, -0.15) is 0 Å². The van der Waals surface area contributed by atoms with Gasteiger partial charge in [0.05, 0.1) is 12.7 Å². The number of likely N-dealkylation sites (tertiary alicyclic amines) is 1. The number of benzene rings is 1. The first-order valence-electron chi connectivity index (χ1n) is 7.48. The predicted molar refractivity (Wildman–Crippen MR) is 81.9 cm³/mol. The van der Waals surface area contributed by atoms with E-state index in [9.17, 15) is 4.79 Å². The van der Waals surface area contributed by atoms with Gasteiger partial charge in [-0.25, -0.2) is 4.79 Å². The summed E-state index contributed by atoms with van der Waals surface area (Å²) in [7, 11) is 1.37. The average Bonchev–Trinajstić information content (AvgIpc) is 2.92. The fourth-order valence-corrected chi connectivity index (χ4v) is 3.08. The highest BCUT2D eigenvalue weighted by molar-refractivity contribution is 5.96. The molecule has 1 aliphatic heterocycles. The number of carbonyl (C=O) groups is 1. The Morgan fingerprint density at radius 3 is 3.05 bits per heavy atom. The molecule has 1 aromatic carbocycles. The minimum absolute atomic E-state index is 0.232. The molecule has 1 heterocycles. The van der Waals surface area contributed by atoms with Gasteiger partial charge in [0, 0.05) is 24.9 Å². The Morgan fingerprint density at radius 1 is 1.52 bits per heavy atom. The second-order valence-corrected chi connectivity index (χ2v) is 5.51. The summed E-state index contributed by atoms with van der Waals surface area (Å²) in [5.74, 6) is -0.380. The van der Waals surface area contributed by atoms with Crippen molar-refractivity contribution in [2.45, 2.75) is 38.3 Å². The first-order valence-corrected chi connectivity index (χ1v) is 7.48. The molecule has 0 aliphatic carbocycles. The van der Waals surface area contributed by atoms with E-state index in [1.165, 1.54) is 7.11 Å². The SMILES string of the molecule is COC(=O)c1c(N)cccc1CN1CCCC1CCCO. The van der Waals surface area contributed by atoms with Gasteiger partial charge in [-0.1, -0.05) is 12.1 Å². The van der Waals surface area contributed by atoms with Gasteiger partial charge in [-0.15, -0.1) is 0 Å². The number of nitrogens with two attached hydrogens (primary N) is 1. The predicted octanol–water partition coefficient (Wildman–Crippen LogP) is 1.79. The lowest BCUT2D eigenvalue weighted by atomic mass is 10.0.